The van der Waals surface area contributed by atoms with Crippen molar-refractivity contribution in [3.05, 3.63) is 22.4 Å². The summed E-state index contributed by atoms with van der Waals surface area (Å²) in [6, 6.07) is 4.20. The van der Waals surface area contributed by atoms with Crippen molar-refractivity contribution >= 4 is 11.3 Å². The molecule has 0 amide bonds. The number of thiophene rings is 1. The van der Waals surface area contributed by atoms with Crippen molar-refractivity contribution in [2.75, 3.05) is 6.61 Å². The molecule has 1 heterocycles. The molecule has 0 saturated carbocycles. The maximum atomic E-state index is 9.51. The van der Waals surface area contributed by atoms with Gasteiger partial charge in [0.2, 0.25) is 0 Å². The number of hydrogen-bond acceptors (Lipinski definition) is 3. The first kappa shape index (κ1) is 14.7. The van der Waals surface area contributed by atoms with Gasteiger partial charge in [0.1, 0.15) is 0 Å². The number of aliphatic hydroxyl groups is 1. The molecule has 1 rings (SSSR count). The summed E-state index contributed by atoms with van der Waals surface area (Å²) in [6.45, 7) is 5.42. The van der Waals surface area contributed by atoms with E-state index in [1.54, 1.807) is 11.3 Å². The molecule has 3 heteroatoms. The number of unbranched alkanes of at least 4 members (excludes halogenated alkanes) is 3. The van der Waals surface area contributed by atoms with Gasteiger partial charge in [-0.2, -0.15) is 0 Å². The predicted octanol–water partition coefficient (Wildman–Crippen LogP) is 3.56. The highest BCUT2D eigenvalue weighted by Crippen LogP contribution is 2.17. The van der Waals surface area contributed by atoms with Crippen molar-refractivity contribution in [1.29, 1.82) is 0 Å². The van der Waals surface area contributed by atoms with Gasteiger partial charge in [0.25, 0.3) is 0 Å². The molecule has 1 aromatic heterocycles. The summed E-state index contributed by atoms with van der Waals surface area (Å²) < 4.78 is 0. The Morgan fingerprint density at radius 2 is 2.18 bits per heavy atom. The van der Waals surface area contributed by atoms with Crippen LogP contribution >= 0.6 is 11.3 Å². The minimum Gasteiger partial charge on any atom is -0.394 e. The number of rotatable bonds is 9. The van der Waals surface area contributed by atoms with Crippen molar-refractivity contribution in [3.63, 3.8) is 0 Å². The van der Waals surface area contributed by atoms with Crippen molar-refractivity contribution in [1.82, 2.24) is 5.32 Å². The van der Waals surface area contributed by atoms with Crippen LogP contribution in [0.1, 0.15) is 50.8 Å². The van der Waals surface area contributed by atoms with Crippen molar-refractivity contribution in [2.45, 2.75) is 58.0 Å². The Bertz CT molecular complexity index is 286. The molecule has 98 valence electrons. The third kappa shape index (κ3) is 5.66. The van der Waals surface area contributed by atoms with E-state index in [0.717, 1.165) is 13.0 Å². The minimum absolute atomic E-state index is 0.127. The van der Waals surface area contributed by atoms with Gasteiger partial charge in [0.15, 0.2) is 0 Å². The van der Waals surface area contributed by atoms with Gasteiger partial charge < -0.3 is 10.4 Å². The summed E-state index contributed by atoms with van der Waals surface area (Å²) in [6.07, 6.45) is 6.08. The Labute approximate surface area is 109 Å². The maximum absolute atomic E-state index is 9.51. The zero-order valence-corrected chi connectivity index (χ0v) is 11.9. The molecule has 0 aliphatic heterocycles. The first-order valence-corrected chi connectivity index (χ1v) is 7.46. The first-order chi connectivity index (χ1) is 8.20. The molecular formula is C14H25NOS. The van der Waals surface area contributed by atoms with E-state index in [0.29, 0.717) is 0 Å². The van der Waals surface area contributed by atoms with Crippen LogP contribution in [0.4, 0.5) is 0 Å². The van der Waals surface area contributed by atoms with Gasteiger partial charge in [-0.25, -0.2) is 0 Å². The van der Waals surface area contributed by atoms with E-state index in [4.69, 9.17) is 0 Å². The molecule has 0 bridgehead atoms. The van der Waals surface area contributed by atoms with Crippen LogP contribution in [0.25, 0.3) is 0 Å². The van der Waals surface area contributed by atoms with Crippen molar-refractivity contribution in [3.8, 4) is 0 Å². The molecular weight excluding hydrogens is 230 g/mol. The average molecular weight is 255 g/mol. The number of nitrogens with one attached hydrogen (secondary N) is 1. The Balaban J connectivity index is 2.29. The summed E-state index contributed by atoms with van der Waals surface area (Å²) in [5, 5.41) is 15.1. The Kier molecular flexibility index (Phi) is 6.78. The number of hydrogen-bond donors (Lipinski definition) is 2. The van der Waals surface area contributed by atoms with Crippen LogP contribution in [-0.2, 0) is 6.54 Å². The maximum Gasteiger partial charge on any atom is 0.0610 e. The first-order valence-electron chi connectivity index (χ1n) is 6.58. The molecule has 0 aliphatic carbocycles. The number of aliphatic hydroxyl groups excluding tert-OH is 1. The Hall–Kier alpha value is -0.380. The third-order valence-corrected chi connectivity index (χ3v) is 4.08. The molecule has 0 aromatic carbocycles. The summed E-state index contributed by atoms with van der Waals surface area (Å²) in [5.74, 6) is 0. The van der Waals surface area contributed by atoms with Gasteiger partial charge in [-0.3, -0.25) is 0 Å². The summed E-state index contributed by atoms with van der Waals surface area (Å²) in [7, 11) is 0. The van der Waals surface area contributed by atoms with Crippen LogP contribution < -0.4 is 5.32 Å². The van der Waals surface area contributed by atoms with Gasteiger partial charge in [-0.05, 0) is 24.8 Å². The molecule has 1 aromatic rings. The van der Waals surface area contributed by atoms with E-state index in [1.807, 2.05) is 0 Å². The van der Waals surface area contributed by atoms with E-state index in [-0.39, 0.29) is 12.1 Å². The molecule has 0 radical (unpaired) electrons. The van der Waals surface area contributed by atoms with E-state index < -0.39 is 0 Å². The zero-order valence-electron chi connectivity index (χ0n) is 11.0. The fourth-order valence-corrected chi connectivity index (χ4v) is 2.52. The smallest absolute Gasteiger partial charge is 0.0610 e. The summed E-state index contributed by atoms with van der Waals surface area (Å²) in [5.41, 5.74) is -0.127. The highest BCUT2D eigenvalue weighted by Gasteiger charge is 2.21. The van der Waals surface area contributed by atoms with Crippen molar-refractivity contribution < 1.29 is 5.11 Å². The van der Waals surface area contributed by atoms with Crippen molar-refractivity contribution in [2.24, 2.45) is 0 Å². The predicted molar refractivity (Wildman–Crippen MR) is 75.4 cm³/mol. The molecule has 0 fully saturated rings. The van der Waals surface area contributed by atoms with Crippen LogP contribution in [0.2, 0.25) is 0 Å². The van der Waals surface area contributed by atoms with Crippen LogP contribution in [-0.4, -0.2) is 17.3 Å². The van der Waals surface area contributed by atoms with Crippen LogP contribution in [0, 0.1) is 0 Å². The second kappa shape index (κ2) is 7.85. The fourth-order valence-electron chi connectivity index (χ4n) is 1.88. The average Bonchev–Trinajstić information content (AvgIpc) is 2.85. The second-order valence-corrected chi connectivity index (χ2v) is 5.99. The topological polar surface area (TPSA) is 32.3 Å². The highest BCUT2D eigenvalue weighted by molar-refractivity contribution is 7.09. The SMILES string of the molecule is CCCCCCC(C)(CO)NCc1cccs1. The van der Waals surface area contributed by atoms with Gasteiger partial charge in [-0.1, -0.05) is 38.7 Å². The molecule has 0 saturated heterocycles. The standard InChI is InChI=1S/C14H25NOS/c1-3-4-5-6-9-14(2,12-16)15-11-13-8-7-10-17-13/h7-8,10,15-16H,3-6,9,11-12H2,1-2H3. The fraction of sp³-hybridized carbons (Fsp3) is 0.714. The van der Waals surface area contributed by atoms with Crippen LogP contribution in [0.3, 0.4) is 0 Å². The van der Waals surface area contributed by atoms with Gasteiger partial charge in [0, 0.05) is 17.0 Å². The van der Waals surface area contributed by atoms with E-state index in [9.17, 15) is 5.11 Å². The minimum atomic E-state index is -0.127. The third-order valence-electron chi connectivity index (χ3n) is 3.20. The van der Waals surface area contributed by atoms with Gasteiger partial charge >= 0.3 is 0 Å². The summed E-state index contributed by atoms with van der Waals surface area (Å²) >= 11 is 1.76. The lowest BCUT2D eigenvalue weighted by atomic mass is 9.95. The molecule has 17 heavy (non-hydrogen) atoms. The largest absolute Gasteiger partial charge is 0.394 e. The Morgan fingerprint density at radius 1 is 1.35 bits per heavy atom. The molecule has 2 nitrogen and oxygen atoms in total. The Morgan fingerprint density at radius 3 is 2.76 bits per heavy atom. The highest BCUT2D eigenvalue weighted by atomic mass is 32.1. The quantitative estimate of drug-likeness (QED) is 0.661. The molecule has 0 aliphatic rings. The van der Waals surface area contributed by atoms with Gasteiger partial charge in [-0.15, -0.1) is 11.3 Å². The van der Waals surface area contributed by atoms with E-state index >= 15 is 0 Å². The summed E-state index contributed by atoms with van der Waals surface area (Å²) in [4.78, 5) is 1.33. The molecule has 1 atom stereocenters. The second-order valence-electron chi connectivity index (χ2n) is 4.96. The van der Waals surface area contributed by atoms with Crippen LogP contribution in [0.5, 0.6) is 0 Å². The monoisotopic (exact) mass is 255 g/mol. The van der Waals surface area contributed by atoms with E-state index in [1.165, 1.54) is 30.6 Å². The van der Waals surface area contributed by atoms with Crippen LogP contribution in [0.15, 0.2) is 17.5 Å². The molecule has 0 spiro atoms. The lowest BCUT2D eigenvalue weighted by molar-refractivity contribution is 0.161. The van der Waals surface area contributed by atoms with Gasteiger partial charge in [0.05, 0.1) is 6.61 Å². The molecule has 1 unspecified atom stereocenters. The molecule has 2 N–H and O–H groups in total. The lowest BCUT2D eigenvalue weighted by Crippen LogP contribution is -2.45. The lowest BCUT2D eigenvalue weighted by Gasteiger charge is -2.28. The van der Waals surface area contributed by atoms with E-state index in [2.05, 4.69) is 36.7 Å². The zero-order chi connectivity index (χ0) is 12.6. The normalized spacial score (nSPS) is 14.8.